The Balaban J connectivity index is 1.83. The van der Waals surface area contributed by atoms with Crippen LogP contribution >= 0.6 is 0 Å². The van der Waals surface area contributed by atoms with Gasteiger partial charge < -0.3 is 15.4 Å². The van der Waals surface area contributed by atoms with Crippen LogP contribution in [0.5, 0.6) is 6.01 Å². The van der Waals surface area contributed by atoms with E-state index in [1.807, 2.05) is 0 Å². The Bertz CT molecular complexity index is 1010. The maximum Gasteiger partial charge on any atom is 0.422 e. The van der Waals surface area contributed by atoms with Crippen molar-refractivity contribution in [3.05, 3.63) is 59.9 Å². The van der Waals surface area contributed by atoms with Crippen LogP contribution in [0.15, 0.2) is 48.8 Å². The maximum atomic E-state index is 12.9. The van der Waals surface area contributed by atoms with Gasteiger partial charge in [0, 0.05) is 24.6 Å². The first-order valence-electron chi connectivity index (χ1n) is 8.61. The van der Waals surface area contributed by atoms with Gasteiger partial charge in [-0.2, -0.15) is 41.3 Å². The number of hydrogen-bond donors (Lipinski definition) is 2. The Morgan fingerprint density at radius 1 is 0.903 bits per heavy atom. The zero-order valence-corrected chi connectivity index (χ0v) is 15.5. The van der Waals surface area contributed by atoms with E-state index in [0.29, 0.717) is 0 Å². The smallest absolute Gasteiger partial charge is 0.422 e. The number of halogens is 6. The van der Waals surface area contributed by atoms with Gasteiger partial charge in [0.05, 0.1) is 5.56 Å². The maximum absolute atomic E-state index is 12.9. The van der Waals surface area contributed by atoms with E-state index in [-0.39, 0.29) is 24.1 Å². The van der Waals surface area contributed by atoms with Crippen molar-refractivity contribution >= 4 is 17.6 Å². The van der Waals surface area contributed by atoms with E-state index in [1.165, 1.54) is 6.07 Å². The summed E-state index contributed by atoms with van der Waals surface area (Å²) in [5.41, 5.74) is -0.218. The number of alkyl halides is 6. The molecule has 2 heterocycles. The Kier molecular flexibility index (Phi) is 6.42. The minimum atomic E-state index is -4.63. The molecule has 0 bridgehead atoms. The fourth-order valence-corrected chi connectivity index (χ4v) is 2.29. The number of ether oxygens (including phenoxy) is 1. The summed E-state index contributed by atoms with van der Waals surface area (Å²) in [5.74, 6) is -0.453. The molecule has 0 saturated carbocycles. The summed E-state index contributed by atoms with van der Waals surface area (Å²) < 4.78 is 80.7. The van der Waals surface area contributed by atoms with E-state index in [1.54, 1.807) is 24.5 Å². The van der Waals surface area contributed by atoms with Crippen molar-refractivity contribution in [3.8, 4) is 6.01 Å². The van der Waals surface area contributed by atoms with E-state index in [0.717, 1.165) is 23.8 Å². The third kappa shape index (κ3) is 6.97. The van der Waals surface area contributed by atoms with Gasteiger partial charge in [-0.05, 0) is 29.8 Å². The second-order valence-electron chi connectivity index (χ2n) is 6.09. The van der Waals surface area contributed by atoms with Crippen molar-refractivity contribution in [2.24, 2.45) is 0 Å². The van der Waals surface area contributed by atoms with Crippen LogP contribution < -0.4 is 15.4 Å². The lowest BCUT2D eigenvalue weighted by molar-refractivity contribution is -0.154. The van der Waals surface area contributed by atoms with E-state index < -0.39 is 30.5 Å². The summed E-state index contributed by atoms with van der Waals surface area (Å²) in [5, 5.41) is 5.29. The minimum absolute atomic E-state index is 0.0268. The average Bonchev–Trinajstić information content (AvgIpc) is 2.71. The van der Waals surface area contributed by atoms with Gasteiger partial charge in [-0.25, -0.2) is 0 Å². The minimum Gasteiger partial charge on any atom is -0.454 e. The topological polar surface area (TPSA) is 84.8 Å². The summed E-state index contributed by atoms with van der Waals surface area (Å²) in [6.07, 6.45) is -6.09. The predicted molar refractivity (Wildman–Crippen MR) is 97.7 cm³/mol. The molecular formula is C18H14F6N6O. The van der Waals surface area contributed by atoms with Crippen molar-refractivity contribution in [1.29, 1.82) is 0 Å². The first-order chi connectivity index (χ1) is 14.6. The monoisotopic (exact) mass is 444 g/mol. The van der Waals surface area contributed by atoms with E-state index in [4.69, 9.17) is 0 Å². The summed E-state index contributed by atoms with van der Waals surface area (Å²) in [6, 6.07) is 6.93. The number of benzene rings is 1. The molecule has 3 aromatic rings. The Morgan fingerprint density at radius 2 is 1.68 bits per heavy atom. The zero-order chi connectivity index (χ0) is 22.5. The van der Waals surface area contributed by atoms with Gasteiger partial charge in [-0.1, -0.05) is 12.1 Å². The van der Waals surface area contributed by atoms with Gasteiger partial charge in [0.25, 0.3) is 0 Å². The van der Waals surface area contributed by atoms with Crippen LogP contribution in [0.2, 0.25) is 0 Å². The van der Waals surface area contributed by atoms with Gasteiger partial charge in [0.2, 0.25) is 11.9 Å². The third-order valence-corrected chi connectivity index (χ3v) is 3.60. The molecule has 0 aliphatic rings. The van der Waals surface area contributed by atoms with Gasteiger partial charge in [-0.3, -0.25) is 4.98 Å². The van der Waals surface area contributed by atoms with Crippen molar-refractivity contribution in [3.63, 3.8) is 0 Å². The molecule has 13 heteroatoms. The molecule has 0 saturated heterocycles. The lowest BCUT2D eigenvalue weighted by atomic mass is 10.2. The average molecular weight is 444 g/mol. The second kappa shape index (κ2) is 9.02. The standard InChI is InChI=1S/C18H14F6N6O/c19-17(20,21)10-31-16-29-14(26-9-11-3-2-6-25-8-11)28-15(30-16)27-13-5-1-4-12(7-13)18(22,23)24/h1-8H,9-10H2,(H2,26,27,28,29,30). The van der Waals surface area contributed by atoms with E-state index in [2.05, 4.69) is 35.3 Å². The van der Waals surface area contributed by atoms with Crippen LogP contribution in [0.4, 0.5) is 43.9 Å². The molecule has 1 aromatic carbocycles. The zero-order valence-electron chi connectivity index (χ0n) is 15.5. The van der Waals surface area contributed by atoms with Crippen LogP contribution in [0.25, 0.3) is 0 Å². The molecule has 31 heavy (non-hydrogen) atoms. The number of nitrogens with one attached hydrogen (secondary N) is 2. The highest BCUT2D eigenvalue weighted by Crippen LogP contribution is 2.31. The SMILES string of the molecule is FC(F)(F)COc1nc(NCc2cccnc2)nc(Nc2cccc(C(F)(F)F)c2)n1. The third-order valence-electron chi connectivity index (χ3n) is 3.60. The fraction of sp³-hybridized carbons (Fsp3) is 0.222. The largest absolute Gasteiger partial charge is 0.454 e. The summed E-state index contributed by atoms with van der Waals surface area (Å²) in [4.78, 5) is 15.3. The molecule has 0 aliphatic carbocycles. The lowest BCUT2D eigenvalue weighted by Crippen LogP contribution is -2.21. The van der Waals surface area contributed by atoms with E-state index in [9.17, 15) is 26.3 Å². The first-order valence-corrected chi connectivity index (χ1v) is 8.61. The molecule has 0 unspecified atom stereocenters. The summed E-state index contributed by atoms with van der Waals surface area (Å²) >= 11 is 0. The lowest BCUT2D eigenvalue weighted by Gasteiger charge is -2.13. The highest BCUT2D eigenvalue weighted by Gasteiger charge is 2.31. The van der Waals surface area contributed by atoms with Crippen LogP contribution in [0.3, 0.4) is 0 Å². The number of rotatable bonds is 7. The van der Waals surface area contributed by atoms with Crippen molar-refractivity contribution < 1.29 is 31.1 Å². The van der Waals surface area contributed by atoms with Crippen LogP contribution in [-0.4, -0.2) is 32.7 Å². The van der Waals surface area contributed by atoms with Gasteiger partial charge >= 0.3 is 18.4 Å². The number of hydrogen-bond acceptors (Lipinski definition) is 7. The molecule has 0 fully saturated rings. The molecule has 0 amide bonds. The normalized spacial score (nSPS) is 11.8. The molecule has 164 valence electrons. The molecule has 2 N–H and O–H groups in total. The fourth-order valence-electron chi connectivity index (χ4n) is 2.29. The molecular weight excluding hydrogens is 430 g/mol. The summed E-state index contributed by atoms with van der Waals surface area (Å²) in [7, 11) is 0. The van der Waals surface area contributed by atoms with Crippen molar-refractivity contribution in [2.45, 2.75) is 18.9 Å². The number of aromatic nitrogens is 4. The van der Waals surface area contributed by atoms with Gasteiger partial charge in [0.15, 0.2) is 6.61 Å². The number of pyridine rings is 1. The van der Waals surface area contributed by atoms with Crippen molar-refractivity contribution in [2.75, 3.05) is 17.2 Å². The number of anilines is 3. The molecule has 0 atom stereocenters. The molecule has 0 radical (unpaired) electrons. The van der Waals surface area contributed by atoms with Gasteiger partial charge in [-0.15, -0.1) is 0 Å². The second-order valence-corrected chi connectivity index (χ2v) is 6.09. The van der Waals surface area contributed by atoms with Crippen LogP contribution in [0.1, 0.15) is 11.1 Å². The Morgan fingerprint density at radius 3 is 2.35 bits per heavy atom. The van der Waals surface area contributed by atoms with Gasteiger partial charge in [0.1, 0.15) is 0 Å². The predicted octanol–water partition coefficient (Wildman–Crippen LogP) is 4.58. The quantitative estimate of drug-likeness (QED) is 0.516. The Hall–Kier alpha value is -3.64. The highest BCUT2D eigenvalue weighted by molar-refractivity contribution is 5.55. The Labute approximate surface area is 171 Å². The van der Waals surface area contributed by atoms with Crippen LogP contribution in [0, 0.1) is 0 Å². The molecule has 3 rings (SSSR count). The molecule has 2 aromatic heterocycles. The van der Waals surface area contributed by atoms with Crippen LogP contribution in [-0.2, 0) is 12.7 Å². The molecule has 0 spiro atoms. The highest BCUT2D eigenvalue weighted by atomic mass is 19.4. The first kappa shape index (κ1) is 22.1. The summed E-state index contributed by atoms with van der Waals surface area (Å²) in [6.45, 7) is -1.47. The number of nitrogens with zero attached hydrogens (tertiary/aromatic N) is 4. The van der Waals surface area contributed by atoms with Crippen molar-refractivity contribution in [1.82, 2.24) is 19.9 Å². The molecule has 0 aliphatic heterocycles. The van der Waals surface area contributed by atoms with E-state index >= 15 is 0 Å². The molecule has 7 nitrogen and oxygen atoms in total.